The van der Waals surface area contributed by atoms with Crippen molar-refractivity contribution in [2.75, 3.05) is 12.1 Å². The Bertz CT molecular complexity index is 952. The van der Waals surface area contributed by atoms with Crippen molar-refractivity contribution >= 4 is 23.2 Å². The molecule has 2 aromatic carbocycles. The van der Waals surface area contributed by atoms with Crippen molar-refractivity contribution in [1.29, 1.82) is 0 Å². The maximum atomic E-state index is 13.0. The van der Waals surface area contributed by atoms with Gasteiger partial charge in [-0.1, -0.05) is 11.6 Å². The molecule has 1 amide bonds. The van der Waals surface area contributed by atoms with Gasteiger partial charge in [0.15, 0.2) is 17.3 Å². The third-order valence-electron chi connectivity index (χ3n) is 3.67. The smallest absolute Gasteiger partial charge is 0.291 e. The summed E-state index contributed by atoms with van der Waals surface area (Å²) in [6.45, 7) is 0.113. The Labute approximate surface area is 146 Å². The van der Waals surface area contributed by atoms with Crippen LogP contribution in [0.15, 0.2) is 52.9 Å². The number of fused-ring (bicyclic) bond motifs is 1. The average Bonchev–Trinajstić information content (AvgIpc) is 3.25. The Morgan fingerprint density at radius 2 is 1.76 bits per heavy atom. The lowest BCUT2D eigenvalue weighted by Crippen LogP contribution is -2.11. The quantitative estimate of drug-likeness (QED) is 0.735. The van der Waals surface area contributed by atoms with Gasteiger partial charge < -0.3 is 19.2 Å². The number of furan rings is 1. The summed E-state index contributed by atoms with van der Waals surface area (Å²) in [4.78, 5) is 12.4. The summed E-state index contributed by atoms with van der Waals surface area (Å²) in [6.07, 6.45) is 0. The highest BCUT2D eigenvalue weighted by Gasteiger charge is 2.19. The highest BCUT2D eigenvalue weighted by Crippen LogP contribution is 2.39. The molecule has 5 nitrogen and oxygen atoms in total. The summed E-state index contributed by atoms with van der Waals surface area (Å²) in [5, 5.41) is 2.99. The Balaban J connectivity index is 1.55. The van der Waals surface area contributed by atoms with Crippen molar-refractivity contribution in [1.82, 2.24) is 0 Å². The molecule has 126 valence electrons. The minimum atomic E-state index is -0.464. The van der Waals surface area contributed by atoms with E-state index < -0.39 is 5.91 Å². The van der Waals surface area contributed by atoms with Crippen LogP contribution < -0.4 is 14.8 Å². The largest absolute Gasteiger partial charge is 0.454 e. The molecule has 4 rings (SSSR count). The number of benzene rings is 2. The Kier molecular flexibility index (Phi) is 3.82. The number of nitrogens with one attached hydrogen (secondary N) is 1. The molecule has 1 aliphatic heterocycles. The number of hydrogen-bond donors (Lipinski definition) is 1. The number of rotatable bonds is 3. The Morgan fingerprint density at radius 1 is 1.04 bits per heavy atom. The number of amides is 1. The normalized spacial score (nSPS) is 12.2. The highest BCUT2D eigenvalue weighted by molar-refractivity contribution is 6.34. The van der Waals surface area contributed by atoms with Crippen molar-refractivity contribution in [3.63, 3.8) is 0 Å². The van der Waals surface area contributed by atoms with Crippen molar-refractivity contribution in [2.45, 2.75) is 0 Å². The van der Waals surface area contributed by atoms with Crippen LogP contribution in [0.4, 0.5) is 10.1 Å². The van der Waals surface area contributed by atoms with Crippen LogP contribution >= 0.6 is 11.6 Å². The van der Waals surface area contributed by atoms with Gasteiger partial charge in [0.25, 0.3) is 5.91 Å². The average molecular weight is 360 g/mol. The lowest BCUT2D eigenvalue weighted by Gasteiger charge is -2.07. The first-order chi connectivity index (χ1) is 12.1. The predicted molar refractivity (Wildman–Crippen MR) is 89.6 cm³/mol. The summed E-state index contributed by atoms with van der Waals surface area (Å²) in [6, 6.07) is 12.1. The summed E-state index contributed by atoms with van der Waals surface area (Å²) >= 11 is 6.14. The van der Waals surface area contributed by atoms with Crippen LogP contribution in [-0.2, 0) is 0 Å². The molecule has 0 spiro atoms. The van der Waals surface area contributed by atoms with E-state index >= 15 is 0 Å². The molecule has 0 fully saturated rings. The Hall–Kier alpha value is -2.99. The van der Waals surface area contributed by atoms with Crippen molar-refractivity contribution in [3.05, 3.63) is 65.1 Å². The molecule has 7 heteroatoms. The molecule has 0 bridgehead atoms. The number of hydrogen-bond acceptors (Lipinski definition) is 4. The van der Waals surface area contributed by atoms with E-state index in [1.807, 2.05) is 0 Å². The van der Waals surface area contributed by atoms with Gasteiger partial charge in [-0.2, -0.15) is 0 Å². The molecule has 0 saturated carbocycles. The maximum absolute atomic E-state index is 13.0. The van der Waals surface area contributed by atoms with Crippen molar-refractivity contribution in [3.8, 4) is 22.8 Å². The van der Waals surface area contributed by atoms with Crippen LogP contribution in [0, 0.1) is 5.82 Å². The third kappa shape index (κ3) is 3.04. The van der Waals surface area contributed by atoms with Gasteiger partial charge in [0.2, 0.25) is 6.79 Å². The number of ether oxygens (including phenoxy) is 2. The van der Waals surface area contributed by atoms with Crippen LogP contribution in [0.3, 0.4) is 0 Å². The second-order valence-electron chi connectivity index (χ2n) is 5.31. The number of carbonyl (C=O) groups excluding carboxylic acids is 1. The van der Waals surface area contributed by atoms with Gasteiger partial charge in [0, 0.05) is 17.7 Å². The highest BCUT2D eigenvalue weighted by atomic mass is 35.5. The number of anilines is 1. The molecule has 25 heavy (non-hydrogen) atoms. The van der Waals surface area contributed by atoms with Crippen LogP contribution in [0.1, 0.15) is 10.6 Å². The molecule has 1 aliphatic rings. The minimum Gasteiger partial charge on any atom is -0.454 e. The zero-order chi connectivity index (χ0) is 17.4. The zero-order valence-electron chi connectivity index (χ0n) is 12.7. The number of halogens is 2. The van der Waals surface area contributed by atoms with Gasteiger partial charge in [-0.25, -0.2) is 4.39 Å². The summed E-state index contributed by atoms with van der Waals surface area (Å²) < 4.78 is 29.0. The second kappa shape index (κ2) is 6.14. The van der Waals surface area contributed by atoms with Crippen molar-refractivity contribution < 1.29 is 23.1 Å². The van der Waals surface area contributed by atoms with Crippen molar-refractivity contribution in [2.24, 2.45) is 0 Å². The molecule has 1 aromatic heterocycles. The van der Waals surface area contributed by atoms with E-state index in [1.54, 1.807) is 30.3 Å². The molecule has 0 unspecified atom stereocenters. The molecular formula is C18H11ClFNO4. The Morgan fingerprint density at radius 3 is 2.52 bits per heavy atom. The SMILES string of the molecule is O=C(Nc1cc2c(cc1Cl)OCO2)c1ccc(-c2ccc(F)cc2)o1. The summed E-state index contributed by atoms with van der Waals surface area (Å²) in [5.41, 5.74) is 1.05. The fraction of sp³-hybridized carbons (Fsp3) is 0.0556. The van der Waals surface area contributed by atoms with E-state index in [0.29, 0.717) is 33.5 Å². The molecule has 1 N–H and O–H groups in total. The molecule has 2 heterocycles. The zero-order valence-corrected chi connectivity index (χ0v) is 13.5. The molecule has 0 atom stereocenters. The van der Waals surface area contributed by atoms with E-state index in [1.165, 1.54) is 18.2 Å². The van der Waals surface area contributed by atoms with Gasteiger partial charge in [-0.3, -0.25) is 4.79 Å². The first kappa shape index (κ1) is 15.5. The fourth-order valence-electron chi connectivity index (χ4n) is 2.43. The molecule has 0 radical (unpaired) electrons. The number of carbonyl (C=O) groups is 1. The van der Waals surface area contributed by atoms with E-state index in [9.17, 15) is 9.18 Å². The standard InChI is InChI=1S/C18H11ClFNO4/c19-12-7-16-17(24-9-23-16)8-13(12)21-18(22)15-6-5-14(25-15)10-1-3-11(20)4-2-10/h1-8H,9H2,(H,21,22). The van der Waals surface area contributed by atoms with Gasteiger partial charge in [-0.05, 0) is 36.4 Å². The molecule has 0 aliphatic carbocycles. The van der Waals surface area contributed by atoms with Gasteiger partial charge in [0.05, 0.1) is 10.7 Å². The fourth-order valence-corrected chi connectivity index (χ4v) is 2.63. The van der Waals surface area contributed by atoms with Gasteiger partial charge in [-0.15, -0.1) is 0 Å². The minimum absolute atomic E-state index is 0.105. The molecular weight excluding hydrogens is 349 g/mol. The van der Waals surface area contributed by atoms with E-state index in [0.717, 1.165) is 0 Å². The lowest BCUT2D eigenvalue weighted by molar-refractivity contribution is 0.0997. The monoisotopic (exact) mass is 359 g/mol. The third-order valence-corrected chi connectivity index (χ3v) is 3.98. The molecule has 0 saturated heterocycles. The van der Waals surface area contributed by atoms with Gasteiger partial charge >= 0.3 is 0 Å². The van der Waals surface area contributed by atoms with Crippen LogP contribution in [0.25, 0.3) is 11.3 Å². The predicted octanol–water partition coefficient (Wildman–Crippen LogP) is 4.72. The van der Waals surface area contributed by atoms with E-state index in [2.05, 4.69) is 5.32 Å². The topological polar surface area (TPSA) is 60.7 Å². The molecule has 3 aromatic rings. The van der Waals surface area contributed by atoms with Crippen LogP contribution in [0.2, 0.25) is 5.02 Å². The first-order valence-corrected chi connectivity index (χ1v) is 7.74. The first-order valence-electron chi connectivity index (χ1n) is 7.36. The van der Waals surface area contributed by atoms with Crippen LogP contribution in [0.5, 0.6) is 11.5 Å². The summed E-state index contributed by atoms with van der Waals surface area (Å²) in [7, 11) is 0. The van der Waals surface area contributed by atoms with E-state index in [4.69, 9.17) is 25.5 Å². The van der Waals surface area contributed by atoms with E-state index in [-0.39, 0.29) is 18.4 Å². The maximum Gasteiger partial charge on any atom is 0.291 e. The van der Waals surface area contributed by atoms with Gasteiger partial charge in [0.1, 0.15) is 11.6 Å². The summed E-state index contributed by atoms with van der Waals surface area (Å²) in [5.74, 6) is 0.792. The lowest BCUT2D eigenvalue weighted by atomic mass is 10.2. The second-order valence-corrected chi connectivity index (χ2v) is 5.72. The van der Waals surface area contributed by atoms with Crippen LogP contribution in [-0.4, -0.2) is 12.7 Å².